The third-order valence-electron chi connectivity index (χ3n) is 3.46. The van der Waals surface area contributed by atoms with Crippen LogP contribution in [-0.2, 0) is 9.59 Å². The molecule has 2 rings (SSSR count). The van der Waals surface area contributed by atoms with Crippen LogP contribution < -0.4 is 10.1 Å². The summed E-state index contributed by atoms with van der Waals surface area (Å²) in [7, 11) is 1.60. The molecule has 1 amide bonds. The van der Waals surface area contributed by atoms with Gasteiger partial charge in [-0.15, -0.1) is 0 Å². The minimum absolute atomic E-state index is 0.0750. The number of carboxylic acid groups (broad SMARTS) is 1. The lowest BCUT2D eigenvalue weighted by Gasteiger charge is -2.17. The van der Waals surface area contributed by atoms with Gasteiger partial charge in [0.05, 0.1) is 7.11 Å². The molecule has 5 nitrogen and oxygen atoms in total. The Balaban J connectivity index is 2.17. The quantitative estimate of drug-likeness (QED) is 0.867. The number of hydrogen-bond donors (Lipinski definition) is 2. The van der Waals surface area contributed by atoms with Crippen LogP contribution in [0.4, 0.5) is 0 Å². The third-order valence-corrected chi connectivity index (χ3v) is 3.46. The van der Waals surface area contributed by atoms with E-state index in [0.717, 1.165) is 11.3 Å². The lowest BCUT2D eigenvalue weighted by atomic mass is 9.89. The molecule has 1 aliphatic heterocycles. The molecule has 1 fully saturated rings. The average Bonchev–Trinajstić information content (AvgIpc) is 2.61. The molecule has 2 unspecified atom stereocenters. The van der Waals surface area contributed by atoms with E-state index in [9.17, 15) is 9.59 Å². The van der Waals surface area contributed by atoms with E-state index in [1.165, 1.54) is 0 Å². The maximum absolute atomic E-state index is 11.5. The molecule has 1 aliphatic rings. The van der Waals surface area contributed by atoms with Crippen LogP contribution in [0, 0.1) is 0 Å². The Morgan fingerprint density at radius 3 is 2.63 bits per heavy atom. The van der Waals surface area contributed by atoms with Crippen LogP contribution in [0.1, 0.15) is 30.7 Å². The van der Waals surface area contributed by atoms with Crippen LogP contribution in [0.5, 0.6) is 5.75 Å². The maximum atomic E-state index is 11.5. The SMILES string of the molecule is COc1ccc(C2CCC(=O)NC(C(=O)O)C2)cc1. The van der Waals surface area contributed by atoms with Crippen molar-refractivity contribution in [2.75, 3.05) is 7.11 Å². The van der Waals surface area contributed by atoms with Crippen molar-refractivity contribution in [1.29, 1.82) is 0 Å². The number of carbonyl (C=O) groups excluding carboxylic acids is 1. The highest BCUT2D eigenvalue weighted by Crippen LogP contribution is 2.29. The van der Waals surface area contributed by atoms with Gasteiger partial charge in [-0.3, -0.25) is 4.79 Å². The Bertz CT molecular complexity index is 469. The topological polar surface area (TPSA) is 75.6 Å². The highest BCUT2D eigenvalue weighted by molar-refractivity contribution is 5.84. The van der Waals surface area contributed by atoms with E-state index in [1.807, 2.05) is 24.3 Å². The Morgan fingerprint density at radius 2 is 2.05 bits per heavy atom. The van der Waals surface area contributed by atoms with Crippen molar-refractivity contribution in [3.8, 4) is 5.75 Å². The fourth-order valence-corrected chi connectivity index (χ4v) is 2.37. The highest BCUT2D eigenvalue weighted by atomic mass is 16.5. The van der Waals surface area contributed by atoms with Gasteiger partial charge in [0, 0.05) is 6.42 Å². The maximum Gasteiger partial charge on any atom is 0.326 e. The Morgan fingerprint density at radius 1 is 1.37 bits per heavy atom. The minimum atomic E-state index is -0.978. The Kier molecular flexibility index (Phi) is 4.04. The number of ether oxygens (including phenoxy) is 1. The smallest absolute Gasteiger partial charge is 0.326 e. The number of aliphatic carboxylic acids is 1. The van der Waals surface area contributed by atoms with E-state index < -0.39 is 12.0 Å². The van der Waals surface area contributed by atoms with Crippen molar-refractivity contribution in [3.05, 3.63) is 29.8 Å². The van der Waals surface area contributed by atoms with Gasteiger partial charge in [-0.05, 0) is 36.5 Å². The first-order chi connectivity index (χ1) is 9.10. The average molecular weight is 263 g/mol. The molecule has 0 aliphatic carbocycles. The molecule has 19 heavy (non-hydrogen) atoms. The predicted molar refractivity (Wildman–Crippen MR) is 69.2 cm³/mol. The normalized spacial score (nSPS) is 23.3. The van der Waals surface area contributed by atoms with Crippen LogP contribution in [-0.4, -0.2) is 30.1 Å². The van der Waals surface area contributed by atoms with Gasteiger partial charge in [-0.25, -0.2) is 4.79 Å². The molecule has 2 N–H and O–H groups in total. The molecule has 1 aromatic rings. The molecule has 0 saturated carbocycles. The van der Waals surface area contributed by atoms with Gasteiger partial charge in [0.15, 0.2) is 0 Å². The Labute approximate surface area is 111 Å². The summed E-state index contributed by atoms with van der Waals surface area (Å²) >= 11 is 0. The second kappa shape index (κ2) is 5.73. The summed E-state index contributed by atoms with van der Waals surface area (Å²) in [6, 6.07) is 6.76. The van der Waals surface area contributed by atoms with E-state index in [4.69, 9.17) is 9.84 Å². The van der Waals surface area contributed by atoms with E-state index in [1.54, 1.807) is 7.11 Å². The molecule has 0 bridgehead atoms. The van der Waals surface area contributed by atoms with E-state index in [2.05, 4.69) is 5.32 Å². The van der Waals surface area contributed by atoms with Gasteiger partial charge in [-0.1, -0.05) is 12.1 Å². The van der Waals surface area contributed by atoms with Crippen LogP contribution in [0.25, 0.3) is 0 Å². The largest absolute Gasteiger partial charge is 0.497 e. The van der Waals surface area contributed by atoms with Crippen molar-refractivity contribution < 1.29 is 19.4 Å². The van der Waals surface area contributed by atoms with E-state index >= 15 is 0 Å². The zero-order valence-corrected chi connectivity index (χ0v) is 10.8. The van der Waals surface area contributed by atoms with E-state index in [0.29, 0.717) is 19.3 Å². The number of hydrogen-bond acceptors (Lipinski definition) is 3. The molecule has 2 atom stereocenters. The summed E-state index contributed by atoms with van der Waals surface area (Å²) in [6.45, 7) is 0. The fourth-order valence-electron chi connectivity index (χ4n) is 2.37. The van der Waals surface area contributed by atoms with Crippen molar-refractivity contribution in [2.24, 2.45) is 0 Å². The van der Waals surface area contributed by atoms with Gasteiger partial charge in [0.2, 0.25) is 5.91 Å². The molecule has 0 radical (unpaired) electrons. The first kappa shape index (κ1) is 13.4. The number of rotatable bonds is 3. The fraction of sp³-hybridized carbons (Fsp3) is 0.429. The molecule has 102 valence electrons. The van der Waals surface area contributed by atoms with Crippen molar-refractivity contribution in [1.82, 2.24) is 5.32 Å². The molecule has 1 heterocycles. The van der Waals surface area contributed by atoms with Gasteiger partial charge in [-0.2, -0.15) is 0 Å². The van der Waals surface area contributed by atoms with Gasteiger partial charge in [0.1, 0.15) is 11.8 Å². The summed E-state index contributed by atoms with van der Waals surface area (Å²) in [6.07, 6.45) is 1.45. The molecular formula is C14H17NO4. The predicted octanol–water partition coefficient (Wildman–Crippen LogP) is 1.53. The number of nitrogens with one attached hydrogen (secondary N) is 1. The number of amides is 1. The van der Waals surface area contributed by atoms with E-state index in [-0.39, 0.29) is 11.8 Å². The number of methoxy groups -OCH3 is 1. The summed E-state index contributed by atoms with van der Waals surface area (Å²) < 4.78 is 5.10. The molecular weight excluding hydrogens is 246 g/mol. The first-order valence-corrected chi connectivity index (χ1v) is 6.26. The number of benzene rings is 1. The number of carboxylic acids is 1. The standard InChI is InChI=1S/C14H17NO4/c1-19-11-5-2-9(3-6-11)10-4-7-13(16)15-12(8-10)14(17)18/h2-3,5-6,10,12H,4,7-8H2,1H3,(H,15,16)(H,17,18). The monoisotopic (exact) mass is 263 g/mol. The Hall–Kier alpha value is -2.04. The van der Waals surface area contributed by atoms with Crippen LogP contribution in [0.15, 0.2) is 24.3 Å². The minimum Gasteiger partial charge on any atom is -0.497 e. The van der Waals surface area contributed by atoms with Crippen LogP contribution >= 0.6 is 0 Å². The summed E-state index contributed by atoms with van der Waals surface area (Å²) in [5, 5.41) is 11.6. The summed E-state index contributed by atoms with van der Waals surface area (Å²) in [5.74, 6) is -0.329. The lowest BCUT2D eigenvalue weighted by molar-refractivity contribution is -0.141. The van der Waals surface area contributed by atoms with Gasteiger partial charge in [0.25, 0.3) is 0 Å². The van der Waals surface area contributed by atoms with Crippen molar-refractivity contribution in [3.63, 3.8) is 0 Å². The summed E-state index contributed by atoms with van der Waals surface area (Å²) in [4.78, 5) is 22.6. The summed E-state index contributed by atoms with van der Waals surface area (Å²) in [5.41, 5.74) is 1.04. The second-order valence-corrected chi connectivity index (χ2v) is 4.70. The zero-order chi connectivity index (χ0) is 13.8. The number of carbonyl (C=O) groups is 2. The van der Waals surface area contributed by atoms with Gasteiger partial charge < -0.3 is 15.2 Å². The van der Waals surface area contributed by atoms with Gasteiger partial charge >= 0.3 is 5.97 Å². The first-order valence-electron chi connectivity index (χ1n) is 6.26. The van der Waals surface area contributed by atoms with Crippen molar-refractivity contribution in [2.45, 2.75) is 31.2 Å². The van der Waals surface area contributed by atoms with Crippen molar-refractivity contribution >= 4 is 11.9 Å². The molecule has 0 spiro atoms. The van der Waals surface area contributed by atoms with Crippen LogP contribution in [0.3, 0.4) is 0 Å². The zero-order valence-electron chi connectivity index (χ0n) is 10.8. The lowest BCUT2D eigenvalue weighted by Crippen LogP contribution is -2.39. The molecule has 0 aromatic heterocycles. The van der Waals surface area contributed by atoms with Crippen LogP contribution in [0.2, 0.25) is 0 Å². The highest BCUT2D eigenvalue weighted by Gasteiger charge is 2.28. The molecule has 1 aromatic carbocycles. The molecule has 1 saturated heterocycles. The second-order valence-electron chi connectivity index (χ2n) is 4.70. The molecule has 5 heteroatoms. The third kappa shape index (κ3) is 3.24.